The fourth-order valence-electron chi connectivity index (χ4n) is 3.28. The second kappa shape index (κ2) is 9.37. The number of thiazole rings is 1. The number of carbonyl (C=O) groups is 1. The van der Waals surface area contributed by atoms with Gasteiger partial charge in [0.05, 0.1) is 25.3 Å². The highest BCUT2D eigenvalue weighted by molar-refractivity contribution is 7.13. The number of hydrogen-bond acceptors (Lipinski definition) is 4. The molecular weight excluding hydrogens is 392 g/mol. The lowest BCUT2D eigenvalue weighted by atomic mass is 9.98. The van der Waals surface area contributed by atoms with Gasteiger partial charge in [-0.15, -0.1) is 11.3 Å². The molecule has 1 heterocycles. The van der Waals surface area contributed by atoms with E-state index in [1.165, 1.54) is 11.3 Å². The van der Waals surface area contributed by atoms with Crippen molar-refractivity contribution in [3.8, 4) is 16.3 Å². The summed E-state index contributed by atoms with van der Waals surface area (Å²) in [6.07, 6.45) is 0.239. The normalized spacial score (nSPS) is 10.7. The molecule has 0 saturated heterocycles. The lowest BCUT2D eigenvalue weighted by Gasteiger charge is -2.19. The van der Waals surface area contributed by atoms with Gasteiger partial charge in [-0.05, 0) is 35.4 Å². The number of benzene rings is 3. The first-order valence-electron chi connectivity index (χ1n) is 9.71. The zero-order valence-electron chi connectivity index (χ0n) is 16.6. The first-order chi connectivity index (χ1) is 14.7. The van der Waals surface area contributed by atoms with Crippen molar-refractivity contribution in [1.29, 1.82) is 0 Å². The third-order valence-electron chi connectivity index (χ3n) is 4.80. The van der Waals surface area contributed by atoms with Gasteiger partial charge in [0.25, 0.3) is 0 Å². The molecule has 0 unspecified atom stereocenters. The van der Waals surface area contributed by atoms with E-state index in [9.17, 15) is 4.79 Å². The second-order valence-electron chi connectivity index (χ2n) is 6.87. The molecule has 0 aliphatic rings. The van der Waals surface area contributed by atoms with Crippen molar-refractivity contribution < 1.29 is 9.53 Å². The van der Waals surface area contributed by atoms with Gasteiger partial charge >= 0.3 is 0 Å². The quantitative estimate of drug-likeness (QED) is 0.448. The van der Waals surface area contributed by atoms with Crippen LogP contribution in [0.3, 0.4) is 0 Å². The Hall–Kier alpha value is -3.44. The second-order valence-corrected chi connectivity index (χ2v) is 7.73. The van der Waals surface area contributed by atoms with Gasteiger partial charge in [-0.3, -0.25) is 4.79 Å². The lowest BCUT2D eigenvalue weighted by molar-refractivity contribution is -0.121. The lowest BCUT2D eigenvalue weighted by Crippen LogP contribution is -2.30. The van der Waals surface area contributed by atoms with Crippen LogP contribution in [-0.2, 0) is 11.2 Å². The minimum atomic E-state index is -0.195. The van der Waals surface area contributed by atoms with Crippen LogP contribution in [0.4, 0.5) is 0 Å². The average Bonchev–Trinajstić information content (AvgIpc) is 3.27. The number of hydrogen-bond donors (Lipinski definition) is 1. The predicted molar refractivity (Wildman–Crippen MR) is 121 cm³/mol. The zero-order valence-corrected chi connectivity index (χ0v) is 17.4. The van der Waals surface area contributed by atoms with Crippen LogP contribution in [-0.4, -0.2) is 18.0 Å². The number of aromatic nitrogens is 1. The molecule has 1 aromatic heterocycles. The van der Waals surface area contributed by atoms with E-state index in [1.807, 2.05) is 90.3 Å². The molecule has 1 amide bonds. The number of nitrogens with zero attached hydrogens (tertiary/aromatic N) is 1. The van der Waals surface area contributed by atoms with Gasteiger partial charge in [0.15, 0.2) is 0 Å². The topological polar surface area (TPSA) is 51.2 Å². The Balaban J connectivity index is 1.48. The van der Waals surface area contributed by atoms with Gasteiger partial charge in [-0.1, -0.05) is 60.7 Å². The molecule has 4 aromatic rings. The number of amides is 1. The summed E-state index contributed by atoms with van der Waals surface area (Å²) in [7, 11) is 1.65. The molecule has 0 spiro atoms. The van der Waals surface area contributed by atoms with Gasteiger partial charge < -0.3 is 10.1 Å². The summed E-state index contributed by atoms with van der Waals surface area (Å²) in [5.41, 5.74) is 3.88. The minimum absolute atomic E-state index is 0.0562. The summed E-state index contributed by atoms with van der Waals surface area (Å²) in [6, 6.07) is 27.6. The SMILES string of the molecule is COc1ccc(-c2nc(CC(=O)NC(c3ccccc3)c3ccccc3)cs2)cc1. The maximum atomic E-state index is 12.8. The molecule has 4 nitrogen and oxygen atoms in total. The predicted octanol–water partition coefficient (Wildman–Crippen LogP) is 5.27. The summed E-state index contributed by atoms with van der Waals surface area (Å²) >= 11 is 1.54. The van der Waals surface area contributed by atoms with Gasteiger partial charge in [-0.25, -0.2) is 4.98 Å². The van der Waals surface area contributed by atoms with Crippen molar-refractivity contribution in [3.05, 3.63) is 107 Å². The zero-order chi connectivity index (χ0) is 20.8. The molecule has 0 radical (unpaired) electrons. The molecule has 0 aliphatic heterocycles. The third-order valence-corrected chi connectivity index (χ3v) is 5.74. The third kappa shape index (κ3) is 4.75. The number of carbonyl (C=O) groups excluding carboxylic acids is 1. The van der Waals surface area contributed by atoms with Gasteiger partial charge in [0, 0.05) is 10.9 Å². The molecular formula is C25H22N2O2S. The highest BCUT2D eigenvalue weighted by Gasteiger charge is 2.17. The number of ether oxygens (including phenoxy) is 1. The molecule has 5 heteroatoms. The molecule has 0 saturated carbocycles. The number of rotatable bonds is 7. The van der Waals surface area contributed by atoms with E-state index in [0.717, 1.165) is 33.1 Å². The maximum absolute atomic E-state index is 12.8. The summed E-state index contributed by atoms with van der Waals surface area (Å²) in [5.74, 6) is 0.752. The van der Waals surface area contributed by atoms with Gasteiger partial charge in [0.1, 0.15) is 10.8 Å². The van der Waals surface area contributed by atoms with Crippen molar-refractivity contribution in [2.24, 2.45) is 0 Å². The smallest absolute Gasteiger partial charge is 0.226 e. The molecule has 0 aliphatic carbocycles. The van der Waals surface area contributed by atoms with Gasteiger partial charge in [-0.2, -0.15) is 0 Å². The van der Waals surface area contributed by atoms with Crippen molar-refractivity contribution >= 4 is 17.2 Å². The van der Waals surface area contributed by atoms with E-state index < -0.39 is 0 Å². The summed E-state index contributed by atoms with van der Waals surface area (Å²) < 4.78 is 5.20. The van der Waals surface area contributed by atoms with E-state index >= 15 is 0 Å². The Morgan fingerprint density at radius 3 is 2.10 bits per heavy atom. The largest absolute Gasteiger partial charge is 0.497 e. The summed E-state index contributed by atoms with van der Waals surface area (Å²) in [5, 5.41) is 6.01. The van der Waals surface area contributed by atoms with Gasteiger partial charge in [0.2, 0.25) is 5.91 Å². The van der Waals surface area contributed by atoms with Crippen LogP contribution in [0.15, 0.2) is 90.3 Å². The standard InChI is InChI=1S/C25H22N2O2S/c1-29-22-14-12-20(13-15-22)25-26-21(17-30-25)16-23(28)27-24(18-8-4-2-5-9-18)19-10-6-3-7-11-19/h2-15,17,24H,16H2,1H3,(H,27,28). The van der Waals surface area contributed by atoms with Crippen LogP contribution < -0.4 is 10.1 Å². The van der Waals surface area contributed by atoms with Crippen molar-refractivity contribution in [2.45, 2.75) is 12.5 Å². The van der Waals surface area contributed by atoms with E-state index in [4.69, 9.17) is 4.74 Å². The molecule has 0 fully saturated rings. The summed E-state index contributed by atoms with van der Waals surface area (Å²) in [4.78, 5) is 17.5. The Morgan fingerprint density at radius 2 is 1.53 bits per heavy atom. The first-order valence-corrected chi connectivity index (χ1v) is 10.6. The first kappa shape index (κ1) is 19.9. The van der Waals surface area contributed by atoms with Crippen LogP contribution in [0.1, 0.15) is 22.9 Å². The fraction of sp³-hybridized carbons (Fsp3) is 0.120. The average molecular weight is 415 g/mol. The van der Waals surface area contributed by atoms with Crippen molar-refractivity contribution in [1.82, 2.24) is 10.3 Å². The van der Waals surface area contributed by atoms with E-state index in [-0.39, 0.29) is 18.4 Å². The van der Waals surface area contributed by atoms with Crippen LogP contribution in [0.2, 0.25) is 0 Å². The highest BCUT2D eigenvalue weighted by atomic mass is 32.1. The van der Waals surface area contributed by atoms with Crippen LogP contribution >= 0.6 is 11.3 Å². The molecule has 150 valence electrons. The Morgan fingerprint density at radius 1 is 0.933 bits per heavy atom. The summed E-state index contributed by atoms with van der Waals surface area (Å²) in [6.45, 7) is 0. The van der Waals surface area contributed by atoms with Crippen molar-refractivity contribution in [2.75, 3.05) is 7.11 Å². The van der Waals surface area contributed by atoms with Crippen LogP contribution in [0.25, 0.3) is 10.6 Å². The Kier molecular flexibility index (Phi) is 6.20. The Bertz CT molecular complexity index is 1050. The molecule has 0 atom stereocenters. The number of methoxy groups -OCH3 is 1. The minimum Gasteiger partial charge on any atom is -0.497 e. The highest BCUT2D eigenvalue weighted by Crippen LogP contribution is 2.26. The molecule has 0 bridgehead atoms. The molecule has 4 rings (SSSR count). The van der Waals surface area contributed by atoms with E-state index in [1.54, 1.807) is 7.11 Å². The molecule has 30 heavy (non-hydrogen) atoms. The van der Waals surface area contributed by atoms with E-state index in [0.29, 0.717) is 0 Å². The Labute approximate surface area is 180 Å². The molecule has 3 aromatic carbocycles. The van der Waals surface area contributed by atoms with E-state index in [2.05, 4.69) is 10.3 Å². The van der Waals surface area contributed by atoms with Crippen LogP contribution in [0, 0.1) is 0 Å². The monoisotopic (exact) mass is 414 g/mol. The fourth-order valence-corrected chi connectivity index (χ4v) is 4.11. The van der Waals surface area contributed by atoms with Crippen molar-refractivity contribution in [3.63, 3.8) is 0 Å². The van der Waals surface area contributed by atoms with Crippen LogP contribution in [0.5, 0.6) is 5.75 Å². The maximum Gasteiger partial charge on any atom is 0.226 e. The molecule has 1 N–H and O–H groups in total. The number of nitrogens with one attached hydrogen (secondary N) is 1.